The summed E-state index contributed by atoms with van der Waals surface area (Å²) < 4.78 is 4.82. The largest absolute Gasteiger partial charge is 0.465 e. The van der Waals surface area contributed by atoms with E-state index in [0.717, 1.165) is 11.3 Å². The van der Waals surface area contributed by atoms with Crippen molar-refractivity contribution < 1.29 is 14.3 Å². The van der Waals surface area contributed by atoms with Crippen LogP contribution in [0.5, 0.6) is 0 Å². The maximum absolute atomic E-state index is 13.0. The number of esters is 1. The second kappa shape index (κ2) is 6.08. The Morgan fingerprint density at radius 1 is 1.22 bits per heavy atom. The highest BCUT2D eigenvalue weighted by molar-refractivity contribution is 6.16. The number of carbonyl (C=O) groups is 2. The highest BCUT2D eigenvalue weighted by Gasteiger charge is 2.39. The molecule has 0 aromatic heterocycles. The Morgan fingerprint density at radius 3 is 2.61 bits per heavy atom. The van der Waals surface area contributed by atoms with Crippen molar-refractivity contribution >= 4 is 17.6 Å². The number of anilines is 1. The van der Waals surface area contributed by atoms with Gasteiger partial charge in [-0.15, -0.1) is 6.58 Å². The van der Waals surface area contributed by atoms with E-state index >= 15 is 0 Å². The van der Waals surface area contributed by atoms with Crippen LogP contribution in [0.15, 0.2) is 61.2 Å². The molecule has 0 saturated carbocycles. The van der Waals surface area contributed by atoms with Gasteiger partial charge in [0, 0.05) is 5.69 Å². The van der Waals surface area contributed by atoms with Gasteiger partial charge in [-0.3, -0.25) is 4.79 Å². The van der Waals surface area contributed by atoms with Crippen molar-refractivity contribution in [2.45, 2.75) is 12.5 Å². The van der Waals surface area contributed by atoms with Gasteiger partial charge in [0.2, 0.25) is 0 Å². The molecule has 2 aromatic rings. The van der Waals surface area contributed by atoms with Gasteiger partial charge in [-0.2, -0.15) is 0 Å². The van der Waals surface area contributed by atoms with E-state index in [1.165, 1.54) is 7.11 Å². The van der Waals surface area contributed by atoms with Crippen LogP contribution in [0.2, 0.25) is 0 Å². The van der Waals surface area contributed by atoms with E-state index in [0.29, 0.717) is 17.5 Å². The molecule has 0 saturated heterocycles. The average Bonchev–Trinajstić information content (AvgIpc) is 2.88. The Morgan fingerprint density at radius 2 is 1.96 bits per heavy atom. The first-order valence-electron chi connectivity index (χ1n) is 7.39. The first kappa shape index (κ1) is 15.0. The summed E-state index contributed by atoms with van der Waals surface area (Å²) in [6, 6.07) is 14.6. The summed E-state index contributed by atoms with van der Waals surface area (Å²) in [5.74, 6) is -0.679. The number of para-hydroxylation sites is 1. The van der Waals surface area contributed by atoms with Crippen molar-refractivity contribution in [1.29, 1.82) is 0 Å². The lowest BCUT2D eigenvalue weighted by Gasteiger charge is -2.24. The van der Waals surface area contributed by atoms with Crippen LogP contribution in [0.1, 0.15) is 38.7 Å². The summed E-state index contributed by atoms with van der Waals surface area (Å²) in [7, 11) is 1.32. The predicted octanol–water partition coefficient (Wildman–Crippen LogP) is 3.75. The maximum atomic E-state index is 13.0. The zero-order valence-electron chi connectivity index (χ0n) is 12.9. The molecule has 0 aliphatic carbocycles. The highest BCUT2D eigenvalue weighted by atomic mass is 16.5. The fourth-order valence-corrected chi connectivity index (χ4v) is 3.04. The molecule has 2 aromatic carbocycles. The Hall–Kier alpha value is -2.88. The van der Waals surface area contributed by atoms with Crippen LogP contribution in [-0.4, -0.2) is 19.0 Å². The van der Waals surface area contributed by atoms with E-state index in [4.69, 9.17) is 4.74 Å². The maximum Gasteiger partial charge on any atom is 0.338 e. The minimum atomic E-state index is -0.498. The molecular formula is C19H17NO3. The minimum Gasteiger partial charge on any atom is -0.465 e. The fourth-order valence-electron chi connectivity index (χ4n) is 3.04. The molecule has 1 aliphatic rings. The van der Waals surface area contributed by atoms with Crippen molar-refractivity contribution in [2.75, 3.05) is 12.0 Å². The number of rotatable bonds is 4. The zero-order chi connectivity index (χ0) is 16.4. The van der Waals surface area contributed by atoms with Gasteiger partial charge in [0.15, 0.2) is 0 Å². The quantitative estimate of drug-likeness (QED) is 0.638. The molecule has 4 heteroatoms. The summed E-state index contributed by atoms with van der Waals surface area (Å²) in [5, 5.41) is 0. The number of fused-ring (bicyclic) bond motifs is 1. The first-order valence-corrected chi connectivity index (χ1v) is 7.39. The van der Waals surface area contributed by atoms with Crippen LogP contribution in [0.4, 0.5) is 5.69 Å². The standard InChI is InChI=1S/C19H17NO3/c1-3-8-16-14-11-7-12-15(19(22)23-2)17(14)18(21)20(16)13-9-5-4-6-10-13/h3-7,9-12,16H,1,8H2,2H3/t16-/m0/s1. The van der Waals surface area contributed by atoms with Crippen LogP contribution in [0, 0.1) is 0 Å². The Bertz CT molecular complexity index is 767. The van der Waals surface area contributed by atoms with Gasteiger partial charge in [0.05, 0.1) is 24.3 Å². The molecule has 0 radical (unpaired) electrons. The molecule has 1 amide bonds. The van der Waals surface area contributed by atoms with E-state index < -0.39 is 5.97 Å². The van der Waals surface area contributed by atoms with E-state index in [-0.39, 0.29) is 11.9 Å². The van der Waals surface area contributed by atoms with Crippen LogP contribution < -0.4 is 4.90 Å². The Balaban J connectivity index is 2.17. The first-order chi connectivity index (χ1) is 11.2. The van der Waals surface area contributed by atoms with Gasteiger partial charge in [0.25, 0.3) is 5.91 Å². The number of hydrogen-bond acceptors (Lipinski definition) is 3. The molecule has 0 spiro atoms. The van der Waals surface area contributed by atoms with Crippen LogP contribution in [0.3, 0.4) is 0 Å². The Kier molecular flexibility index (Phi) is 3.98. The molecule has 1 heterocycles. The lowest BCUT2D eigenvalue weighted by Crippen LogP contribution is -2.28. The number of carbonyl (C=O) groups excluding carboxylic acids is 2. The van der Waals surface area contributed by atoms with Gasteiger partial charge >= 0.3 is 5.97 Å². The van der Waals surface area contributed by atoms with E-state index in [9.17, 15) is 9.59 Å². The van der Waals surface area contributed by atoms with E-state index in [1.54, 1.807) is 23.1 Å². The highest BCUT2D eigenvalue weighted by Crippen LogP contribution is 2.40. The smallest absolute Gasteiger partial charge is 0.338 e. The van der Waals surface area contributed by atoms with Gasteiger partial charge in [-0.1, -0.05) is 36.4 Å². The monoisotopic (exact) mass is 307 g/mol. The van der Waals surface area contributed by atoms with Crippen LogP contribution in [0.25, 0.3) is 0 Å². The molecule has 0 unspecified atom stereocenters. The molecule has 0 fully saturated rings. The van der Waals surface area contributed by atoms with Gasteiger partial charge in [0.1, 0.15) is 0 Å². The molecule has 0 N–H and O–H groups in total. The summed E-state index contributed by atoms with van der Waals surface area (Å²) in [4.78, 5) is 26.7. The van der Waals surface area contributed by atoms with E-state index in [1.807, 2.05) is 36.4 Å². The molecule has 116 valence electrons. The van der Waals surface area contributed by atoms with Gasteiger partial charge in [-0.05, 0) is 30.2 Å². The van der Waals surface area contributed by atoms with E-state index in [2.05, 4.69) is 6.58 Å². The third-order valence-corrected chi connectivity index (χ3v) is 4.03. The topological polar surface area (TPSA) is 46.6 Å². The number of nitrogens with zero attached hydrogens (tertiary/aromatic N) is 1. The van der Waals surface area contributed by atoms with Crippen molar-refractivity contribution in [3.8, 4) is 0 Å². The molecule has 1 aliphatic heterocycles. The van der Waals surface area contributed by atoms with Gasteiger partial charge in [-0.25, -0.2) is 4.79 Å². The third kappa shape index (κ3) is 2.42. The van der Waals surface area contributed by atoms with Gasteiger partial charge < -0.3 is 9.64 Å². The third-order valence-electron chi connectivity index (χ3n) is 4.03. The molecule has 1 atom stereocenters. The summed E-state index contributed by atoms with van der Waals surface area (Å²) in [5.41, 5.74) is 2.37. The molecule has 0 bridgehead atoms. The number of amides is 1. The summed E-state index contributed by atoms with van der Waals surface area (Å²) in [6.45, 7) is 3.79. The number of hydrogen-bond donors (Lipinski definition) is 0. The van der Waals surface area contributed by atoms with Crippen molar-refractivity contribution in [3.05, 3.63) is 77.9 Å². The molecule has 4 nitrogen and oxygen atoms in total. The summed E-state index contributed by atoms with van der Waals surface area (Å²) in [6.07, 6.45) is 2.39. The number of methoxy groups -OCH3 is 1. The molecule has 23 heavy (non-hydrogen) atoms. The second-order valence-corrected chi connectivity index (χ2v) is 5.31. The zero-order valence-corrected chi connectivity index (χ0v) is 12.9. The fraction of sp³-hybridized carbons (Fsp3) is 0.158. The Labute approximate surface area is 135 Å². The normalized spacial score (nSPS) is 16.1. The number of benzene rings is 2. The van der Waals surface area contributed by atoms with Crippen molar-refractivity contribution in [3.63, 3.8) is 0 Å². The average molecular weight is 307 g/mol. The lowest BCUT2D eigenvalue weighted by atomic mass is 9.98. The van der Waals surface area contributed by atoms with Crippen LogP contribution in [-0.2, 0) is 4.74 Å². The van der Waals surface area contributed by atoms with Crippen molar-refractivity contribution in [1.82, 2.24) is 0 Å². The van der Waals surface area contributed by atoms with Crippen molar-refractivity contribution in [2.24, 2.45) is 0 Å². The molecule has 3 rings (SSSR count). The number of ether oxygens (including phenoxy) is 1. The lowest BCUT2D eigenvalue weighted by molar-refractivity contribution is 0.0597. The minimum absolute atomic E-state index is 0.165. The summed E-state index contributed by atoms with van der Waals surface area (Å²) >= 11 is 0. The SMILES string of the molecule is C=CC[C@H]1c2cccc(C(=O)OC)c2C(=O)N1c1ccccc1. The second-order valence-electron chi connectivity index (χ2n) is 5.31. The predicted molar refractivity (Wildman–Crippen MR) is 88.6 cm³/mol. The van der Waals surface area contributed by atoms with Crippen LogP contribution >= 0.6 is 0 Å². The molecular weight excluding hydrogens is 290 g/mol.